The second-order valence-electron chi connectivity index (χ2n) is 5.37. The van der Waals surface area contributed by atoms with Gasteiger partial charge in [-0.15, -0.1) is 0 Å². The van der Waals surface area contributed by atoms with E-state index in [1.54, 1.807) is 7.11 Å². The molecular weight excluding hydrogens is 266 g/mol. The van der Waals surface area contributed by atoms with Crippen molar-refractivity contribution >= 4 is 5.69 Å². The van der Waals surface area contributed by atoms with Gasteiger partial charge in [-0.05, 0) is 24.3 Å². The summed E-state index contributed by atoms with van der Waals surface area (Å²) in [5.74, 6) is 1.71. The minimum absolute atomic E-state index is 0.437. The van der Waals surface area contributed by atoms with Crippen LogP contribution in [0.15, 0.2) is 34.9 Å². The molecule has 0 unspecified atom stereocenters. The van der Waals surface area contributed by atoms with Crippen LogP contribution in [0.5, 0.6) is 5.75 Å². The van der Waals surface area contributed by atoms with Gasteiger partial charge in [0.25, 0.3) is 0 Å². The van der Waals surface area contributed by atoms with Crippen molar-refractivity contribution in [1.29, 1.82) is 0 Å². The van der Waals surface area contributed by atoms with Gasteiger partial charge in [0, 0.05) is 31.4 Å². The van der Waals surface area contributed by atoms with Crippen LogP contribution in [0.3, 0.4) is 0 Å². The van der Waals surface area contributed by atoms with Crippen LogP contribution < -0.4 is 15.0 Å². The Morgan fingerprint density at radius 3 is 2.62 bits per heavy atom. The van der Waals surface area contributed by atoms with Gasteiger partial charge in [-0.3, -0.25) is 0 Å². The number of methoxy groups -OCH3 is 1. The molecule has 5 heteroatoms. The Labute approximate surface area is 125 Å². The molecule has 0 aliphatic carbocycles. The fourth-order valence-electron chi connectivity index (χ4n) is 1.98. The Kier molecular flexibility index (Phi) is 5.22. The number of aromatic nitrogens is 1. The van der Waals surface area contributed by atoms with Crippen molar-refractivity contribution in [2.75, 3.05) is 19.1 Å². The maximum atomic E-state index is 5.38. The van der Waals surface area contributed by atoms with E-state index in [-0.39, 0.29) is 0 Å². The average Bonchev–Trinajstić information content (AvgIpc) is 2.92. The minimum atomic E-state index is 0.437. The first-order valence-electron chi connectivity index (χ1n) is 7.11. The molecule has 0 amide bonds. The molecule has 2 rings (SSSR count). The SMILES string of the molecule is COc1ccc(N(C)Cc2cc(CNC(C)C)no2)cc1. The third-order valence-electron chi connectivity index (χ3n) is 3.21. The number of hydrogen-bond donors (Lipinski definition) is 1. The summed E-state index contributed by atoms with van der Waals surface area (Å²) in [5.41, 5.74) is 2.04. The van der Waals surface area contributed by atoms with Crippen LogP contribution in [0, 0.1) is 0 Å². The first kappa shape index (κ1) is 15.4. The van der Waals surface area contributed by atoms with Crippen molar-refractivity contribution in [2.24, 2.45) is 0 Å². The summed E-state index contributed by atoms with van der Waals surface area (Å²) >= 11 is 0. The minimum Gasteiger partial charge on any atom is -0.497 e. The molecule has 0 bridgehead atoms. The van der Waals surface area contributed by atoms with E-state index < -0.39 is 0 Å². The molecule has 0 saturated heterocycles. The van der Waals surface area contributed by atoms with E-state index in [1.807, 2.05) is 37.4 Å². The molecule has 5 nitrogen and oxygen atoms in total. The monoisotopic (exact) mass is 289 g/mol. The quantitative estimate of drug-likeness (QED) is 0.849. The van der Waals surface area contributed by atoms with Gasteiger partial charge in [0.1, 0.15) is 5.75 Å². The molecule has 0 fully saturated rings. The van der Waals surface area contributed by atoms with Crippen molar-refractivity contribution in [2.45, 2.75) is 33.0 Å². The maximum absolute atomic E-state index is 5.38. The fraction of sp³-hybridized carbons (Fsp3) is 0.438. The van der Waals surface area contributed by atoms with E-state index >= 15 is 0 Å². The van der Waals surface area contributed by atoms with Crippen LogP contribution in [0.4, 0.5) is 5.69 Å². The van der Waals surface area contributed by atoms with E-state index in [9.17, 15) is 0 Å². The normalized spacial score (nSPS) is 10.9. The fourth-order valence-corrected chi connectivity index (χ4v) is 1.98. The molecule has 1 aromatic heterocycles. The lowest BCUT2D eigenvalue weighted by atomic mass is 10.2. The lowest BCUT2D eigenvalue weighted by molar-refractivity contribution is 0.374. The zero-order valence-corrected chi connectivity index (χ0v) is 13.1. The number of ether oxygens (including phenoxy) is 1. The third-order valence-corrected chi connectivity index (χ3v) is 3.21. The second kappa shape index (κ2) is 7.13. The topological polar surface area (TPSA) is 50.5 Å². The lowest BCUT2D eigenvalue weighted by Gasteiger charge is -2.17. The summed E-state index contributed by atoms with van der Waals surface area (Å²) in [7, 11) is 3.69. The highest BCUT2D eigenvalue weighted by Crippen LogP contribution is 2.20. The van der Waals surface area contributed by atoms with Crippen LogP contribution in [0.1, 0.15) is 25.3 Å². The molecule has 1 heterocycles. The Bertz CT molecular complexity index is 549. The number of benzene rings is 1. The van der Waals surface area contributed by atoms with Gasteiger partial charge >= 0.3 is 0 Å². The lowest BCUT2D eigenvalue weighted by Crippen LogP contribution is -2.21. The number of anilines is 1. The Hall–Kier alpha value is -2.01. The van der Waals surface area contributed by atoms with Gasteiger partial charge < -0.3 is 19.5 Å². The Balaban J connectivity index is 1.93. The molecule has 1 N–H and O–H groups in total. The summed E-state index contributed by atoms with van der Waals surface area (Å²) < 4.78 is 10.5. The van der Waals surface area contributed by atoms with E-state index in [0.717, 1.165) is 29.4 Å². The number of nitrogens with one attached hydrogen (secondary N) is 1. The zero-order chi connectivity index (χ0) is 15.2. The van der Waals surface area contributed by atoms with Crippen molar-refractivity contribution in [3.63, 3.8) is 0 Å². The molecule has 114 valence electrons. The van der Waals surface area contributed by atoms with Crippen LogP contribution in [0.2, 0.25) is 0 Å². The van der Waals surface area contributed by atoms with E-state index in [4.69, 9.17) is 9.26 Å². The molecule has 21 heavy (non-hydrogen) atoms. The number of hydrogen-bond acceptors (Lipinski definition) is 5. The zero-order valence-electron chi connectivity index (χ0n) is 13.1. The van der Waals surface area contributed by atoms with Crippen LogP contribution in [-0.2, 0) is 13.1 Å². The first-order valence-corrected chi connectivity index (χ1v) is 7.11. The third kappa shape index (κ3) is 4.49. The predicted octanol–water partition coefficient (Wildman–Crippen LogP) is 2.82. The molecule has 0 aliphatic rings. The second-order valence-corrected chi connectivity index (χ2v) is 5.37. The van der Waals surface area contributed by atoms with Crippen LogP contribution in [0.25, 0.3) is 0 Å². The van der Waals surface area contributed by atoms with E-state index in [0.29, 0.717) is 12.6 Å². The molecular formula is C16H23N3O2. The molecule has 0 saturated carbocycles. The predicted molar refractivity (Wildman–Crippen MR) is 83.6 cm³/mol. The van der Waals surface area contributed by atoms with Gasteiger partial charge in [0.15, 0.2) is 5.76 Å². The molecule has 1 aromatic carbocycles. The van der Waals surface area contributed by atoms with E-state index in [2.05, 4.69) is 29.2 Å². The van der Waals surface area contributed by atoms with E-state index in [1.165, 1.54) is 0 Å². The molecule has 2 aromatic rings. The smallest absolute Gasteiger partial charge is 0.156 e. The molecule has 0 aliphatic heterocycles. The number of rotatable bonds is 7. The highest BCUT2D eigenvalue weighted by Gasteiger charge is 2.08. The van der Waals surface area contributed by atoms with Crippen LogP contribution >= 0.6 is 0 Å². The van der Waals surface area contributed by atoms with Gasteiger partial charge in [0.2, 0.25) is 0 Å². The van der Waals surface area contributed by atoms with Gasteiger partial charge in [-0.1, -0.05) is 19.0 Å². The molecule has 0 radical (unpaired) electrons. The highest BCUT2D eigenvalue weighted by atomic mass is 16.5. The standard InChI is InChI=1S/C16H23N3O2/c1-12(2)17-10-13-9-16(21-18-13)11-19(3)14-5-7-15(20-4)8-6-14/h5-9,12,17H,10-11H2,1-4H3. The highest BCUT2D eigenvalue weighted by molar-refractivity contribution is 5.48. The average molecular weight is 289 g/mol. The Morgan fingerprint density at radius 1 is 1.29 bits per heavy atom. The van der Waals surface area contributed by atoms with Crippen molar-refractivity contribution in [3.8, 4) is 5.75 Å². The van der Waals surface area contributed by atoms with Crippen LogP contribution in [-0.4, -0.2) is 25.4 Å². The van der Waals surface area contributed by atoms with Gasteiger partial charge in [-0.25, -0.2) is 0 Å². The molecule has 0 spiro atoms. The summed E-state index contributed by atoms with van der Waals surface area (Å²) in [4.78, 5) is 2.11. The van der Waals surface area contributed by atoms with Crippen molar-refractivity contribution in [1.82, 2.24) is 10.5 Å². The van der Waals surface area contributed by atoms with Gasteiger partial charge in [-0.2, -0.15) is 0 Å². The summed E-state index contributed by atoms with van der Waals surface area (Å²) in [6.45, 7) is 5.63. The van der Waals surface area contributed by atoms with Crippen molar-refractivity contribution in [3.05, 3.63) is 41.8 Å². The van der Waals surface area contributed by atoms with Gasteiger partial charge in [0.05, 0.1) is 19.3 Å². The summed E-state index contributed by atoms with van der Waals surface area (Å²) in [6, 6.07) is 10.4. The maximum Gasteiger partial charge on any atom is 0.156 e. The largest absolute Gasteiger partial charge is 0.497 e. The summed E-state index contributed by atoms with van der Waals surface area (Å²) in [6.07, 6.45) is 0. The first-order chi connectivity index (χ1) is 10.1. The molecule has 0 atom stereocenters. The summed E-state index contributed by atoms with van der Waals surface area (Å²) in [5, 5.41) is 7.40. The number of nitrogens with zero attached hydrogens (tertiary/aromatic N) is 2. The Morgan fingerprint density at radius 2 is 2.00 bits per heavy atom. The van der Waals surface area contributed by atoms with Crippen molar-refractivity contribution < 1.29 is 9.26 Å².